The fourth-order valence-electron chi connectivity index (χ4n) is 2.39. The molecule has 0 saturated heterocycles. The summed E-state index contributed by atoms with van der Waals surface area (Å²) in [5.41, 5.74) is 0. The lowest BCUT2D eigenvalue weighted by Gasteiger charge is -2.20. The Labute approximate surface area is 121 Å². The normalized spacial score (nSPS) is 18.6. The van der Waals surface area contributed by atoms with E-state index in [2.05, 4.69) is 24.2 Å². The minimum atomic E-state index is 0.152. The van der Waals surface area contributed by atoms with Crippen molar-refractivity contribution in [1.82, 2.24) is 10.2 Å². The van der Waals surface area contributed by atoms with E-state index in [1.807, 2.05) is 18.7 Å². The Morgan fingerprint density at radius 1 is 1.37 bits per heavy atom. The van der Waals surface area contributed by atoms with Crippen molar-refractivity contribution < 1.29 is 4.79 Å². The van der Waals surface area contributed by atoms with Crippen LogP contribution in [0, 0.1) is 5.92 Å². The smallest absolute Gasteiger partial charge is 0.241 e. The summed E-state index contributed by atoms with van der Waals surface area (Å²) in [4.78, 5) is 18.2. The van der Waals surface area contributed by atoms with E-state index in [9.17, 15) is 4.79 Å². The van der Waals surface area contributed by atoms with Gasteiger partial charge < -0.3 is 10.2 Å². The average molecular weight is 285 g/mol. The number of amides is 1. The van der Waals surface area contributed by atoms with Crippen molar-refractivity contribution in [2.75, 3.05) is 26.2 Å². The zero-order valence-corrected chi connectivity index (χ0v) is 13.4. The van der Waals surface area contributed by atoms with Crippen molar-refractivity contribution in [3.8, 4) is 0 Å². The number of thioether (sulfide) groups is 1. The number of nitrogens with zero attached hydrogens (tertiary/aromatic N) is 2. The summed E-state index contributed by atoms with van der Waals surface area (Å²) in [6.07, 6.45) is 2.41. The molecule has 0 fully saturated rings. The molecular weight excluding hydrogens is 258 g/mol. The van der Waals surface area contributed by atoms with Crippen LogP contribution in [0.1, 0.15) is 40.5 Å². The quantitative estimate of drug-likeness (QED) is 0.781. The van der Waals surface area contributed by atoms with Crippen molar-refractivity contribution in [2.45, 2.75) is 45.8 Å². The molecule has 0 aromatic heterocycles. The summed E-state index contributed by atoms with van der Waals surface area (Å²) in [5.74, 6) is 0.880. The molecule has 0 radical (unpaired) electrons. The third-order valence-corrected chi connectivity index (χ3v) is 5.09. The van der Waals surface area contributed by atoms with Crippen LogP contribution in [0.4, 0.5) is 0 Å². The van der Waals surface area contributed by atoms with E-state index < -0.39 is 0 Å². The van der Waals surface area contributed by atoms with E-state index in [0.29, 0.717) is 11.8 Å². The molecule has 0 aliphatic carbocycles. The number of carbonyl (C=O) groups is 1. The summed E-state index contributed by atoms with van der Waals surface area (Å²) in [5, 5.41) is 4.71. The number of aliphatic imine (C=N–C) groups is 1. The Balaban J connectivity index is 2.34. The van der Waals surface area contributed by atoms with E-state index in [4.69, 9.17) is 0 Å². The Bertz CT molecular complexity index is 312. The number of hydrogen-bond donors (Lipinski definition) is 1. The number of nitrogens with one attached hydrogen (secondary N) is 1. The Hall–Kier alpha value is -0.710. The van der Waals surface area contributed by atoms with Crippen LogP contribution in [0.2, 0.25) is 0 Å². The molecule has 1 aliphatic rings. The molecule has 1 atom stereocenters. The molecule has 5 heteroatoms. The van der Waals surface area contributed by atoms with Gasteiger partial charge in [0.05, 0.1) is 13.1 Å². The van der Waals surface area contributed by atoms with Crippen molar-refractivity contribution >= 4 is 22.8 Å². The number of hydrogen-bond acceptors (Lipinski definition) is 4. The van der Waals surface area contributed by atoms with Crippen LogP contribution in [0.5, 0.6) is 0 Å². The highest BCUT2D eigenvalue weighted by atomic mass is 32.2. The first-order valence-electron chi connectivity index (χ1n) is 7.38. The van der Waals surface area contributed by atoms with Crippen LogP contribution in [0.3, 0.4) is 0 Å². The molecule has 1 amide bonds. The second-order valence-corrected chi connectivity index (χ2v) is 6.03. The topological polar surface area (TPSA) is 44.7 Å². The Kier molecular flexibility index (Phi) is 7.28. The van der Waals surface area contributed by atoms with E-state index in [0.717, 1.165) is 30.7 Å². The van der Waals surface area contributed by atoms with Gasteiger partial charge in [0.15, 0.2) is 5.17 Å². The van der Waals surface area contributed by atoms with Crippen LogP contribution in [-0.2, 0) is 4.79 Å². The largest absolute Gasteiger partial charge is 0.356 e. The summed E-state index contributed by atoms with van der Waals surface area (Å²) in [6.45, 7) is 11.3. The van der Waals surface area contributed by atoms with Crippen LogP contribution in [0.15, 0.2) is 4.99 Å². The third-order valence-electron chi connectivity index (χ3n) is 3.76. The predicted molar refractivity (Wildman–Crippen MR) is 83.7 cm³/mol. The molecule has 1 rings (SSSR count). The van der Waals surface area contributed by atoms with Gasteiger partial charge in [-0.2, -0.15) is 0 Å². The van der Waals surface area contributed by atoms with Gasteiger partial charge in [-0.05, 0) is 19.8 Å². The summed E-state index contributed by atoms with van der Waals surface area (Å²) < 4.78 is 0. The standard InChI is InChI=1S/C14H27N3OS/c1-5-11(6-2)12-9-15-14(19-12)16-10-13(18)17(7-3)8-4/h11-12H,5-10H2,1-4H3,(H,15,16). The van der Waals surface area contributed by atoms with Crippen LogP contribution >= 0.6 is 11.8 Å². The van der Waals surface area contributed by atoms with E-state index in [1.54, 1.807) is 11.8 Å². The Morgan fingerprint density at radius 3 is 2.53 bits per heavy atom. The fraction of sp³-hybridized carbons (Fsp3) is 0.857. The first-order valence-corrected chi connectivity index (χ1v) is 8.26. The monoisotopic (exact) mass is 285 g/mol. The van der Waals surface area contributed by atoms with Gasteiger partial charge in [-0.1, -0.05) is 38.5 Å². The second-order valence-electron chi connectivity index (χ2n) is 4.80. The molecule has 1 unspecified atom stereocenters. The van der Waals surface area contributed by atoms with Gasteiger partial charge in [-0.3, -0.25) is 9.79 Å². The molecule has 110 valence electrons. The molecule has 1 aliphatic heterocycles. The molecule has 0 saturated carbocycles. The van der Waals surface area contributed by atoms with Crippen LogP contribution in [0.25, 0.3) is 0 Å². The third kappa shape index (κ3) is 4.71. The predicted octanol–water partition coefficient (Wildman–Crippen LogP) is 2.35. The highest BCUT2D eigenvalue weighted by molar-refractivity contribution is 8.14. The minimum absolute atomic E-state index is 0.152. The number of carbonyl (C=O) groups excluding carboxylic acids is 1. The van der Waals surface area contributed by atoms with Gasteiger partial charge in [0.1, 0.15) is 0 Å². The van der Waals surface area contributed by atoms with E-state index in [-0.39, 0.29) is 5.91 Å². The van der Waals surface area contributed by atoms with Crippen molar-refractivity contribution in [2.24, 2.45) is 10.9 Å². The lowest BCUT2D eigenvalue weighted by Crippen LogP contribution is -2.39. The van der Waals surface area contributed by atoms with Gasteiger partial charge in [-0.15, -0.1) is 0 Å². The zero-order valence-electron chi connectivity index (χ0n) is 12.6. The van der Waals surface area contributed by atoms with Gasteiger partial charge in [0.25, 0.3) is 0 Å². The fourth-order valence-corrected chi connectivity index (χ4v) is 3.71. The maximum absolute atomic E-state index is 11.9. The SMILES string of the molecule is CCC(CC)C1CN=C(NCC(=O)N(CC)CC)S1. The summed E-state index contributed by atoms with van der Waals surface area (Å²) in [7, 11) is 0. The van der Waals surface area contributed by atoms with Gasteiger partial charge >= 0.3 is 0 Å². The number of amidine groups is 1. The minimum Gasteiger partial charge on any atom is -0.356 e. The second kappa shape index (κ2) is 8.46. The first kappa shape index (κ1) is 16.3. The van der Waals surface area contributed by atoms with Gasteiger partial charge in [0.2, 0.25) is 5.91 Å². The molecule has 0 aromatic carbocycles. The maximum Gasteiger partial charge on any atom is 0.241 e. The highest BCUT2D eigenvalue weighted by Crippen LogP contribution is 2.30. The molecule has 0 spiro atoms. The molecule has 1 heterocycles. The number of rotatable bonds is 7. The molecule has 19 heavy (non-hydrogen) atoms. The summed E-state index contributed by atoms with van der Waals surface area (Å²) in [6, 6.07) is 0. The molecule has 0 aromatic rings. The van der Waals surface area contributed by atoms with E-state index in [1.165, 1.54) is 12.8 Å². The molecular formula is C14H27N3OS. The summed E-state index contributed by atoms with van der Waals surface area (Å²) >= 11 is 1.80. The highest BCUT2D eigenvalue weighted by Gasteiger charge is 2.26. The van der Waals surface area contributed by atoms with Crippen molar-refractivity contribution in [1.29, 1.82) is 0 Å². The van der Waals surface area contributed by atoms with Gasteiger partial charge in [-0.25, -0.2) is 0 Å². The molecule has 0 bridgehead atoms. The van der Waals surface area contributed by atoms with Crippen LogP contribution in [-0.4, -0.2) is 47.4 Å². The van der Waals surface area contributed by atoms with Crippen molar-refractivity contribution in [3.05, 3.63) is 0 Å². The first-order chi connectivity index (χ1) is 9.15. The average Bonchev–Trinajstić information content (AvgIpc) is 2.88. The lowest BCUT2D eigenvalue weighted by molar-refractivity contribution is -0.129. The van der Waals surface area contributed by atoms with Crippen molar-refractivity contribution in [3.63, 3.8) is 0 Å². The van der Waals surface area contributed by atoms with Gasteiger partial charge in [0, 0.05) is 18.3 Å². The molecule has 4 nitrogen and oxygen atoms in total. The maximum atomic E-state index is 11.9. The Morgan fingerprint density at radius 2 is 2.00 bits per heavy atom. The zero-order chi connectivity index (χ0) is 14.3. The number of likely N-dealkylation sites (N-methyl/N-ethyl adjacent to an activating group) is 1. The molecule has 1 N–H and O–H groups in total. The van der Waals surface area contributed by atoms with Crippen LogP contribution < -0.4 is 5.32 Å². The lowest BCUT2D eigenvalue weighted by atomic mass is 9.99. The van der Waals surface area contributed by atoms with E-state index >= 15 is 0 Å².